The molecule has 2 aromatic carbocycles. The zero-order chi connectivity index (χ0) is 16.2. The van der Waals surface area contributed by atoms with Gasteiger partial charge in [0, 0.05) is 17.9 Å². The highest BCUT2D eigenvalue weighted by Gasteiger charge is 2.07. The van der Waals surface area contributed by atoms with Crippen LogP contribution in [0.5, 0.6) is 0 Å². The molecule has 0 radical (unpaired) electrons. The molecule has 0 aliphatic carbocycles. The molecule has 3 rings (SSSR count). The summed E-state index contributed by atoms with van der Waals surface area (Å²) in [6, 6.07) is 12.2. The van der Waals surface area contributed by atoms with Gasteiger partial charge in [-0.3, -0.25) is 4.79 Å². The molecule has 1 N–H and O–H groups in total. The van der Waals surface area contributed by atoms with Crippen molar-refractivity contribution in [2.45, 2.75) is 23.4 Å². The number of aromatic nitrogens is 1. The molecule has 6 heteroatoms. The van der Waals surface area contributed by atoms with Gasteiger partial charge in [-0.25, -0.2) is 9.37 Å². The van der Waals surface area contributed by atoms with Crippen molar-refractivity contribution in [1.29, 1.82) is 0 Å². The number of hydrogen-bond acceptors (Lipinski definition) is 4. The fraction of sp³-hybridized carbons (Fsp3) is 0.176. The molecule has 0 aliphatic rings. The van der Waals surface area contributed by atoms with Crippen LogP contribution in [0.4, 0.5) is 10.1 Å². The van der Waals surface area contributed by atoms with Gasteiger partial charge in [-0.2, -0.15) is 0 Å². The number of carbonyl (C=O) groups excluding carboxylic acids is 1. The zero-order valence-corrected chi connectivity index (χ0v) is 14.1. The molecular formula is C17H15FN2OS2. The lowest BCUT2D eigenvalue weighted by molar-refractivity contribution is -0.115. The molecular weight excluding hydrogens is 331 g/mol. The Bertz CT molecular complexity index is 830. The van der Waals surface area contributed by atoms with Crippen molar-refractivity contribution in [1.82, 2.24) is 4.98 Å². The molecule has 1 aromatic heterocycles. The van der Waals surface area contributed by atoms with Crippen LogP contribution in [0.1, 0.15) is 18.9 Å². The van der Waals surface area contributed by atoms with Crippen molar-refractivity contribution in [2.75, 3.05) is 5.32 Å². The second-order valence-electron chi connectivity index (χ2n) is 4.98. The molecule has 0 fully saturated rings. The van der Waals surface area contributed by atoms with Crippen molar-refractivity contribution in [3.63, 3.8) is 0 Å². The van der Waals surface area contributed by atoms with Gasteiger partial charge in [0.2, 0.25) is 5.91 Å². The summed E-state index contributed by atoms with van der Waals surface area (Å²) in [4.78, 5) is 16.0. The zero-order valence-electron chi connectivity index (χ0n) is 12.5. The summed E-state index contributed by atoms with van der Waals surface area (Å²) < 4.78 is 14.9. The number of hydrogen-bond donors (Lipinski definition) is 1. The van der Waals surface area contributed by atoms with E-state index in [1.165, 1.54) is 12.1 Å². The molecule has 0 atom stereocenters. The average Bonchev–Trinajstić information content (AvgIpc) is 2.96. The second-order valence-corrected chi connectivity index (χ2v) is 7.23. The molecule has 0 saturated heterocycles. The van der Waals surface area contributed by atoms with E-state index in [2.05, 4.69) is 10.3 Å². The maximum absolute atomic E-state index is 12.9. The van der Waals surface area contributed by atoms with Crippen LogP contribution in [-0.2, 0) is 10.5 Å². The first-order valence-corrected chi connectivity index (χ1v) is 9.02. The Labute approximate surface area is 141 Å². The van der Waals surface area contributed by atoms with Crippen LogP contribution < -0.4 is 5.32 Å². The number of thiazole rings is 1. The monoisotopic (exact) mass is 346 g/mol. The molecule has 1 heterocycles. The van der Waals surface area contributed by atoms with Crippen LogP contribution in [-0.4, -0.2) is 10.9 Å². The Kier molecular flexibility index (Phi) is 4.93. The Morgan fingerprint density at radius 1 is 1.26 bits per heavy atom. The van der Waals surface area contributed by atoms with Crippen molar-refractivity contribution in [3.8, 4) is 0 Å². The SMILES string of the molecule is CCC(=O)Nc1ccc2nc(SCc3ccc(F)cc3)sc2c1. The van der Waals surface area contributed by atoms with Crippen LogP contribution >= 0.6 is 23.1 Å². The standard InChI is InChI=1S/C17H15FN2OS2/c1-2-16(21)19-13-7-8-14-15(9-13)23-17(20-14)22-10-11-3-5-12(18)6-4-11/h3-9H,2,10H2,1H3,(H,19,21). The lowest BCUT2D eigenvalue weighted by atomic mass is 10.2. The first-order valence-electron chi connectivity index (χ1n) is 7.21. The van der Waals surface area contributed by atoms with Gasteiger partial charge in [-0.05, 0) is 35.9 Å². The van der Waals surface area contributed by atoms with Gasteiger partial charge in [0.15, 0.2) is 4.34 Å². The highest BCUT2D eigenvalue weighted by molar-refractivity contribution is 8.00. The third-order valence-corrected chi connectivity index (χ3v) is 5.48. The van der Waals surface area contributed by atoms with Crippen molar-refractivity contribution in [3.05, 3.63) is 53.8 Å². The third kappa shape index (κ3) is 4.09. The first kappa shape index (κ1) is 16.0. The van der Waals surface area contributed by atoms with Crippen LogP contribution in [0, 0.1) is 5.82 Å². The minimum absolute atomic E-state index is 0.000210. The van der Waals surface area contributed by atoms with Crippen molar-refractivity contribution in [2.24, 2.45) is 0 Å². The van der Waals surface area contributed by atoms with E-state index in [0.29, 0.717) is 6.42 Å². The van der Waals surface area contributed by atoms with Gasteiger partial charge in [-0.15, -0.1) is 11.3 Å². The Balaban J connectivity index is 1.72. The summed E-state index contributed by atoms with van der Waals surface area (Å²) in [5, 5.41) is 2.85. The maximum Gasteiger partial charge on any atom is 0.224 e. The van der Waals surface area contributed by atoms with E-state index in [1.807, 2.05) is 25.1 Å². The van der Waals surface area contributed by atoms with E-state index in [0.717, 1.165) is 31.6 Å². The van der Waals surface area contributed by atoms with Gasteiger partial charge >= 0.3 is 0 Å². The predicted molar refractivity (Wildman–Crippen MR) is 94.5 cm³/mol. The molecule has 3 aromatic rings. The number of benzene rings is 2. The molecule has 0 unspecified atom stereocenters. The van der Waals surface area contributed by atoms with Crippen LogP contribution in [0.3, 0.4) is 0 Å². The highest BCUT2D eigenvalue weighted by atomic mass is 32.2. The normalized spacial score (nSPS) is 10.9. The lowest BCUT2D eigenvalue weighted by Gasteiger charge is -2.02. The fourth-order valence-corrected chi connectivity index (χ4v) is 4.08. The van der Waals surface area contributed by atoms with Crippen LogP contribution in [0.2, 0.25) is 0 Å². The lowest BCUT2D eigenvalue weighted by Crippen LogP contribution is -2.08. The topological polar surface area (TPSA) is 42.0 Å². The van der Waals surface area contributed by atoms with Gasteiger partial charge in [-0.1, -0.05) is 30.8 Å². The molecule has 1 amide bonds. The summed E-state index contributed by atoms with van der Waals surface area (Å²) in [6.45, 7) is 1.82. The second kappa shape index (κ2) is 7.10. The number of nitrogens with one attached hydrogen (secondary N) is 1. The van der Waals surface area contributed by atoms with Crippen LogP contribution in [0.15, 0.2) is 46.8 Å². The summed E-state index contributed by atoms with van der Waals surface area (Å²) in [6.07, 6.45) is 0.458. The summed E-state index contributed by atoms with van der Waals surface area (Å²) in [5.41, 5.74) is 2.78. The van der Waals surface area contributed by atoms with E-state index in [4.69, 9.17) is 0 Å². The third-order valence-electron chi connectivity index (χ3n) is 3.25. The number of anilines is 1. The minimum atomic E-state index is -0.222. The van der Waals surface area contributed by atoms with E-state index >= 15 is 0 Å². The summed E-state index contributed by atoms with van der Waals surface area (Å²) in [5.74, 6) is 0.527. The van der Waals surface area contributed by atoms with E-state index in [-0.39, 0.29) is 11.7 Å². The molecule has 0 bridgehead atoms. The fourth-order valence-electron chi connectivity index (χ4n) is 2.02. The summed E-state index contributed by atoms with van der Waals surface area (Å²) >= 11 is 3.22. The number of amides is 1. The Hall–Kier alpha value is -1.92. The number of nitrogens with zero attached hydrogens (tertiary/aromatic N) is 1. The van der Waals surface area contributed by atoms with E-state index < -0.39 is 0 Å². The molecule has 0 spiro atoms. The molecule has 3 nitrogen and oxygen atoms in total. The molecule has 23 heavy (non-hydrogen) atoms. The number of carbonyl (C=O) groups is 1. The first-order chi connectivity index (χ1) is 11.1. The smallest absolute Gasteiger partial charge is 0.224 e. The Morgan fingerprint density at radius 3 is 2.78 bits per heavy atom. The van der Waals surface area contributed by atoms with Crippen molar-refractivity contribution < 1.29 is 9.18 Å². The minimum Gasteiger partial charge on any atom is -0.326 e. The largest absolute Gasteiger partial charge is 0.326 e. The predicted octanol–water partition coefficient (Wildman–Crippen LogP) is 5.08. The molecule has 118 valence electrons. The summed E-state index contributed by atoms with van der Waals surface area (Å²) in [7, 11) is 0. The van der Waals surface area contributed by atoms with Gasteiger partial charge in [0.05, 0.1) is 10.2 Å². The molecule has 0 saturated carbocycles. The number of thioether (sulfide) groups is 1. The van der Waals surface area contributed by atoms with Gasteiger partial charge in [0.25, 0.3) is 0 Å². The number of fused-ring (bicyclic) bond motifs is 1. The van der Waals surface area contributed by atoms with Gasteiger partial charge < -0.3 is 5.32 Å². The molecule has 0 aliphatic heterocycles. The van der Waals surface area contributed by atoms with E-state index in [1.54, 1.807) is 35.2 Å². The van der Waals surface area contributed by atoms with Crippen LogP contribution in [0.25, 0.3) is 10.2 Å². The highest BCUT2D eigenvalue weighted by Crippen LogP contribution is 2.32. The maximum atomic E-state index is 12.9. The van der Waals surface area contributed by atoms with Crippen molar-refractivity contribution >= 4 is 44.9 Å². The van der Waals surface area contributed by atoms with Gasteiger partial charge in [0.1, 0.15) is 5.82 Å². The average molecular weight is 346 g/mol. The Morgan fingerprint density at radius 2 is 2.04 bits per heavy atom. The number of rotatable bonds is 5. The quantitative estimate of drug-likeness (QED) is 0.655. The number of halogens is 1. The van der Waals surface area contributed by atoms with E-state index in [9.17, 15) is 9.18 Å².